The molecule has 0 spiro atoms. The summed E-state index contributed by atoms with van der Waals surface area (Å²) in [5.74, 6) is 0.0399. The van der Waals surface area contributed by atoms with Crippen molar-refractivity contribution in [3.8, 4) is 5.75 Å². The van der Waals surface area contributed by atoms with Gasteiger partial charge in [0.1, 0.15) is 11.5 Å². The van der Waals surface area contributed by atoms with E-state index < -0.39 is 22.4 Å². The number of carbonyl (C=O) groups excluding carboxylic acids is 1. The van der Waals surface area contributed by atoms with E-state index in [4.69, 9.17) is 9.15 Å². The van der Waals surface area contributed by atoms with Crippen LogP contribution >= 0.6 is 0 Å². The van der Waals surface area contributed by atoms with Gasteiger partial charge in [0.2, 0.25) is 0 Å². The maximum Gasteiger partial charge on any atom is 0.352 e. The SMILES string of the molecule is COC(=O)c1c(S(C)=O)cc(/C=C/c2ccc(OC)cc2)oc1=O. The average Bonchev–Trinajstić information content (AvgIpc) is 2.59. The van der Waals surface area contributed by atoms with Crippen LogP contribution in [0.1, 0.15) is 21.7 Å². The Labute approximate surface area is 141 Å². The van der Waals surface area contributed by atoms with E-state index in [9.17, 15) is 13.8 Å². The van der Waals surface area contributed by atoms with E-state index in [2.05, 4.69) is 4.74 Å². The van der Waals surface area contributed by atoms with Crippen molar-refractivity contribution in [3.63, 3.8) is 0 Å². The van der Waals surface area contributed by atoms with Crippen LogP contribution in [-0.4, -0.2) is 30.7 Å². The highest BCUT2D eigenvalue weighted by atomic mass is 32.2. The lowest BCUT2D eigenvalue weighted by atomic mass is 10.2. The summed E-state index contributed by atoms with van der Waals surface area (Å²) in [6.45, 7) is 0. The predicted octanol–water partition coefficient (Wildman–Crippen LogP) is 2.34. The number of hydrogen-bond donors (Lipinski definition) is 0. The van der Waals surface area contributed by atoms with Crippen LogP contribution in [0.5, 0.6) is 5.75 Å². The van der Waals surface area contributed by atoms with Gasteiger partial charge in [0.25, 0.3) is 0 Å². The molecule has 1 unspecified atom stereocenters. The van der Waals surface area contributed by atoms with E-state index in [1.807, 2.05) is 12.1 Å². The molecule has 24 heavy (non-hydrogen) atoms. The molecule has 0 aliphatic rings. The molecule has 1 heterocycles. The van der Waals surface area contributed by atoms with Crippen molar-refractivity contribution in [2.75, 3.05) is 20.5 Å². The van der Waals surface area contributed by atoms with Gasteiger partial charge in [-0.3, -0.25) is 4.21 Å². The molecule has 2 rings (SSSR count). The molecule has 0 N–H and O–H groups in total. The van der Waals surface area contributed by atoms with E-state index in [0.717, 1.165) is 18.4 Å². The van der Waals surface area contributed by atoms with Gasteiger partial charge >= 0.3 is 11.6 Å². The van der Waals surface area contributed by atoms with E-state index in [1.54, 1.807) is 31.4 Å². The van der Waals surface area contributed by atoms with Crippen LogP contribution in [0.3, 0.4) is 0 Å². The molecule has 7 heteroatoms. The molecular formula is C17H16O6S. The summed E-state index contributed by atoms with van der Waals surface area (Å²) >= 11 is 0. The first-order valence-electron chi connectivity index (χ1n) is 6.88. The Hall–Kier alpha value is -2.67. The van der Waals surface area contributed by atoms with Gasteiger partial charge in [0.15, 0.2) is 5.56 Å². The summed E-state index contributed by atoms with van der Waals surface area (Å²) in [7, 11) is 1.17. The Bertz CT molecular complexity index is 848. The van der Waals surface area contributed by atoms with E-state index in [-0.39, 0.29) is 16.2 Å². The monoisotopic (exact) mass is 348 g/mol. The molecule has 1 atom stereocenters. The molecule has 0 aliphatic heterocycles. The highest BCUT2D eigenvalue weighted by Crippen LogP contribution is 2.17. The number of rotatable bonds is 5. The first-order chi connectivity index (χ1) is 11.5. The van der Waals surface area contributed by atoms with Crippen molar-refractivity contribution >= 4 is 28.9 Å². The predicted molar refractivity (Wildman–Crippen MR) is 90.6 cm³/mol. The molecule has 0 fully saturated rings. The minimum atomic E-state index is -1.55. The fourth-order valence-electron chi connectivity index (χ4n) is 1.98. The van der Waals surface area contributed by atoms with Crippen molar-refractivity contribution in [1.82, 2.24) is 0 Å². The number of hydrogen-bond acceptors (Lipinski definition) is 6. The maximum absolute atomic E-state index is 12.0. The first kappa shape index (κ1) is 17.7. The third-order valence-corrected chi connectivity index (χ3v) is 4.13. The fourth-order valence-corrected chi connectivity index (χ4v) is 2.71. The molecule has 0 radical (unpaired) electrons. The number of methoxy groups -OCH3 is 2. The topological polar surface area (TPSA) is 82.8 Å². The first-order valence-corrected chi connectivity index (χ1v) is 8.44. The number of esters is 1. The van der Waals surface area contributed by atoms with Gasteiger partial charge in [0, 0.05) is 6.26 Å². The third kappa shape index (κ3) is 3.99. The lowest BCUT2D eigenvalue weighted by Gasteiger charge is -2.05. The summed E-state index contributed by atoms with van der Waals surface area (Å²) in [4.78, 5) is 23.7. The second-order valence-electron chi connectivity index (χ2n) is 4.73. The van der Waals surface area contributed by atoms with Gasteiger partial charge in [-0.1, -0.05) is 18.2 Å². The Morgan fingerprint density at radius 2 is 1.83 bits per heavy atom. The van der Waals surface area contributed by atoms with Crippen LogP contribution in [0.25, 0.3) is 12.2 Å². The van der Waals surface area contributed by atoms with Gasteiger partial charge in [0.05, 0.1) is 29.9 Å². The van der Waals surface area contributed by atoms with Gasteiger partial charge < -0.3 is 13.9 Å². The molecule has 2 aromatic rings. The van der Waals surface area contributed by atoms with Gasteiger partial charge in [-0.05, 0) is 29.8 Å². The Kier molecular flexibility index (Phi) is 5.70. The molecule has 6 nitrogen and oxygen atoms in total. The molecular weight excluding hydrogens is 332 g/mol. The Morgan fingerprint density at radius 3 is 2.38 bits per heavy atom. The largest absolute Gasteiger partial charge is 0.497 e. The van der Waals surface area contributed by atoms with Crippen molar-refractivity contribution < 1.29 is 22.9 Å². The maximum atomic E-state index is 12.0. The minimum absolute atomic E-state index is 0.0764. The Balaban J connectivity index is 2.40. The molecule has 1 aromatic carbocycles. The second kappa shape index (κ2) is 7.74. The summed E-state index contributed by atoms with van der Waals surface area (Å²) in [5, 5.41) is 0. The van der Waals surface area contributed by atoms with E-state index >= 15 is 0 Å². The molecule has 0 aliphatic carbocycles. The molecule has 0 saturated carbocycles. The van der Waals surface area contributed by atoms with Crippen molar-refractivity contribution in [2.24, 2.45) is 0 Å². The smallest absolute Gasteiger partial charge is 0.352 e. The second-order valence-corrected chi connectivity index (χ2v) is 6.08. The molecule has 1 aromatic heterocycles. The van der Waals surface area contributed by atoms with Crippen molar-refractivity contribution in [3.05, 3.63) is 57.6 Å². The average molecular weight is 348 g/mol. The van der Waals surface area contributed by atoms with Gasteiger partial charge in [-0.25, -0.2) is 9.59 Å². The molecule has 0 saturated heterocycles. The van der Waals surface area contributed by atoms with E-state index in [1.165, 1.54) is 12.3 Å². The zero-order valence-electron chi connectivity index (χ0n) is 13.4. The van der Waals surface area contributed by atoms with Crippen LogP contribution in [0.4, 0.5) is 0 Å². The highest BCUT2D eigenvalue weighted by molar-refractivity contribution is 7.84. The zero-order valence-corrected chi connectivity index (χ0v) is 14.2. The number of ether oxygens (including phenoxy) is 2. The van der Waals surface area contributed by atoms with E-state index in [0.29, 0.717) is 0 Å². The van der Waals surface area contributed by atoms with Crippen LogP contribution in [0, 0.1) is 0 Å². The Morgan fingerprint density at radius 1 is 1.17 bits per heavy atom. The highest BCUT2D eigenvalue weighted by Gasteiger charge is 2.21. The van der Waals surface area contributed by atoms with Crippen molar-refractivity contribution in [1.29, 1.82) is 0 Å². The summed E-state index contributed by atoms with van der Waals surface area (Å²) in [5.41, 5.74) is -0.376. The van der Waals surface area contributed by atoms with Crippen molar-refractivity contribution in [2.45, 2.75) is 4.90 Å². The fraction of sp³-hybridized carbons (Fsp3) is 0.176. The number of benzene rings is 1. The summed E-state index contributed by atoms with van der Waals surface area (Å²) < 4.78 is 26.5. The number of carbonyl (C=O) groups is 1. The normalized spacial score (nSPS) is 12.1. The third-order valence-electron chi connectivity index (χ3n) is 3.19. The van der Waals surface area contributed by atoms with Gasteiger partial charge in [-0.15, -0.1) is 0 Å². The molecule has 126 valence electrons. The summed E-state index contributed by atoms with van der Waals surface area (Å²) in [6.07, 6.45) is 4.65. The zero-order chi connectivity index (χ0) is 17.7. The standard InChI is InChI=1S/C17H16O6S/c1-21-12-7-4-11(5-8-12)6-9-13-10-14(24(3)20)15(16(18)22-2)17(19)23-13/h4-10H,1-3H3/b9-6+. The van der Waals surface area contributed by atoms with Gasteiger partial charge in [-0.2, -0.15) is 0 Å². The summed E-state index contributed by atoms with van der Waals surface area (Å²) in [6, 6.07) is 8.64. The van der Waals surface area contributed by atoms with Crippen LogP contribution in [0.15, 0.2) is 44.4 Å². The van der Waals surface area contributed by atoms with Crippen LogP contribution in [0.2, 0.25) is 0 Å². The lowest BCUT2D eigenvalue weighted by Crippen LogP contribution is -2.19. The van der Waals surface area contributed by atoms with Crippen LogP contribution < -0.4 is 10.4 Å². The van der Waals surface area contributed by atoms with Crippen LogP contribution in [-0.2, 0) is 15.5 Å². The quantitative estimate of drug-likeness (QED) is 0.771. The molecule has 0 amide bonds. The minimum Gasteiger partial charge on any atom is -0.497 e. The lowest BCUT2D eigenvalue weighted by molar-refractivity contribution is 0.0590. The molecule has 0 bridgehead atoms.